The molecule has 2 aromatic carbocycles. The van der Waals surface area contributed by atoms with Crippen LogP contribution in [0.1, 0.15) is 0 Å². The smallest absolute Gasteiger partial charge is 0.181 e. The van der Waals surface area contributed by atoms with Crippen molar-refractivity contribution in [3.05, 3.63) is 76.5 Å². The number of aromatic nitrogens is 4. The van der Waals surface area contributed by atoms with E-state index in [1.54, 1.807) is 24.2 Å². The normalized spacial score (nSPS) is 15.7. The summed E-state index contributed by atoms with van der Waals surface area (Å²) in [6.45, 7) is 0. The van der Waals surface area contributed by atoms with Gasteiger partial charge in [-0.2, -0.15) is 0 Å². The van der Waals surface area contributed by atoms with E-state index < -0.39 is 0 Å². The third-order valence-corrected chi connectivity index (χ3v) is 5.93. The summed E-state index contributed by atoms with van der Waals surface area (Å²) in [5, 5.41) is 2.86. The van der Waals surface area contributed by atoms with E-state index in [9.17, 15) is 4.39 Å². The van der Waals surface area contributed by atoms with Crippen LogP contribution in [-0.4, -0.2) is 31.9 Å². The maximum Gasteiger partial charge on any atom is 0.181 e. The summed E-state index contributed by atoms with van der Waals surface area (Å²) < 4.78 is 13.8. The molecular weight excluding hydrogens is 411 g/mol. The number of nitrogens with zero attached hydrogens (tertiary/aromatic N) is 5. The molecule has 1 aliphatic rings. The van der Waals surface area contributed by atoms with Crippen LogP contribution < -0.4 is 15.5 Å². The van der Waals surface area contributed by atoms with Crippen LogP contribution in [0.2, 0.25) is 5.02 Å². The fourth-order valence-electron chi connectivity index (χ4n) is 3.22. The minimum Gasteiger partial charge on any atom is -0.341 e. The number of thioether (sulfide) groups is 1. The molecule has 0 bridgehead atoms. The number of imidazole rings is 1. The highest BCUT2D eigenvalue weighted by Crippen LogP contribution is 2.31. The number of rotatable bonds is 4. The first-order valence-corrected chi connectivity index (χ1v) is 10.2. The van der Waals surface area contributed by atoms with Crippen LogP contribution in [0.4, 0.5) is 10.1 Å². The second-order valence-corrected chi connectivity index (χ2v) is 7.81. The van der Waals surface area contributed by atoms with Gasteiger partial charge < -0.3 is 9.88 Å². The molecule has 0 fully saturated rings. The van der Waals surface area contributed by atoms with Gasteiger partial charge in [-0.05, 0) is 30.3 Å². The van der Waals surface area contributed by atoms with Crippen molar-refractivity contribution in [3.8, 4) is 0 Å². The zero-order chi connectivity index (χ0) is 19.8. The molecule has 0 amide bonds. The second kappa shape index (κ2) is 7.46. The van der Waals surface area contributed by atoms with Crippen molar-refractivity contribution in [2.45, 2.75) is 11.2 Å². The molecule has 0 spiro atoms. The molecule has 1 aliphatic heterocycles. The Kier molecular flexibility index (Phi) is 4.65. The quantitative estimate of drug-likeness (QED) is 0.402. The predicted molar refractivity (Wildman–Crippen MR) is 112 cm³/mol. The number of hydrogen-bond acceptors (Lipinski definition) is 6. The molecule has 1 atom stereocenters. The minimum atomic E-state index is -0.301. The van der Waals surface area contributed by atoms with Gasteiger partial charge in [0.15, 0.2) is 5.65 Å². The highest BCUT2D eigenvalue weighted by molar-refractivity contribution is 7.99. The second-order valence-electron chi connectivity index (χ2n) is 6.39. The van der Waals surface area contributed by atoms with Crippen molar-refractivity contribution in [3.63, 3.8) is 0 Å². The van der Waals surface area contributed by atoms with Crippen LogP contribution in [0.5, 0.6) is 0 Å². The lowest BCUT2D eigenvalue weighted by atomic mass is 10.2. The third kappa shape index (κ3) is 3.45. The Balaban J connectivity index is 1.54. The van der Waals surface area contributed by atoms with Crippen molar-refractivity contribution in [2.24, 2.45) is 4.99 Å². The van der Waals surface area contributed by atoms with E-state index in [2.05, 4.69) is 19.9 Å². The zero-order valence-corrected chi connectivity index (χ0v) is 16.5. The van der Waals surface area contributed by atoms with Crippen LogP contribution in [0.25, 0.3) is 17.4 Å². The summed E-state index contributed by atoms with van der Waals surface area (Å²) in [6, 6.07) is 12.1. The molecule has 9 heteroatoms. The van der Waals surface area contributed by atoms with Crippen molar-refractivity contribution in [2.75, 3.05) is 10.7 Å². The highest BCUT2D eigenvalue weighted by atomic mass is 35.5. The molecule has 1 unspecified atom stereocenters. The molecule has 3 heterocycles. The molecule has 0 aliphatic carbocycles. The molecule has 6 nitrogen and oxygen atoms in total. The number of halogens is 2. The Labute approximate surface area is 174 Å². The van der Waals surface area contributed by atoms with E-state index in [0.29, 0.717) is 21.6 Å². The summed E-state index contributed by atoms with van der Waals surface area (Å²) in [5.41, 5.74) is 2.23. The maximum atomic E-state index is 13.8. The fraction of sp³-hybridized carbons (Fsp3) is 0.100. The lowest BCUT2D eigenvalue weighted by Gasteiger charge is -2.30. The Morgan fingerprint density at radius 2 is 2.03 bits per heavy atom. The lowest BCUT2D eigenvalue weighted by molar-refractivity contribution is 0.623. The van der Waals surface area contributed by atoms with Crippen molar-refractivity contribution in [1.29, 1.82) is 0 Å². The van der Waals surface area contributed by atoms with Gasteiger partial charge in [0.25, 0.3) is 0 Å². The van der Waals surface area contributed by atoms with Gasteiger partial charge in [0.05, 0.1) is 22.4 Å². The number of para-hydroxylation sites is 1. The third-order valence-electron chi connectivity index (χ3n) is 4.56. The Morgan fingerprint density at radius 3 is 2.93 bits per heavy atom. The zero-order valence-electron chi connectivity index (χ0n) is 15.0. The summed E-state index contributed by atoms with van der Waals surface area (Å²) in [4.78, 5) is 22.6. The van der Waals surface area contributed by atoms with Crippen LogP contribution in [0, 0.1) is 5.82 Å². The summed E-state index contributed by atoms with van der Waals surface area (Å²) in [6.07, 6.45) is 4.75. The number of benzene rings is 2. The summed E-state index contributed by atoms with van der Waals surface area (Å²) in [7, 11) is 0. The van der Waals surface area contributed by atoms with E-state index >= 15 is 0 Å². The molecule has 29 heavy (non-hydrogen) atoms. The van der Waals surface area contributed by atoms with Gasteiger partial charge in [-0.25, -0.2) is 19.3 Å². The average Bonchev–Trinajstić information content (AvgIpc) is 3.21. The Hall–Kier alpha value is -2.97. The Morgan fingerprint density at radius 1 is 1.14 bits per heavy atom. The van der Waals surface area contributed by atoms with Gasteiger partial charge in [0.1, 0.15) is 28.9 Å². The van der Waals surface area contributed by atoms with Gasteiger partial charge in [-0.3, -0.25) is 4.99 Å². The van der Waals surface area contributed by atoms with Crippen molar-refractivity contribution in [1.82, 2.24) is 19.9 Å². The van der Waals surface area contributed by atoms with E-state index in [1.165, 1.54) is 18.5 Å². The molecular formula is C20H14ClFN6S. The van der Waals surface area contributed by atoms with Crippen molar-refractivity contribution >= 4 is 46.4 Å². The average molecular weight is 425 g/mol. The van der Waals surface area contributed by atoms with Crippen LogP contribution >= 0.6 is 23.4 Å². The first-order valence-electron chi connectivity index (χ1n) is 8.84. The topological polar surface area (TPSA) is 70.1 Å². The Bertz CT molecular complexity index is 1320. The van der Waals surface area contributed by atoms with Crippen LogP contribution in [0.3, 0.4) is 0 Å². The largest absolute Gasteiger partial charge is 0.341 e. The molecule has 2 aromatic heterocycles. The lowest BCUT2D eigenvalue weighted by Crippen LogP contribution is -2.43. The molecule has 4 aromatic rings. The monoisotopic (exact) mass is 424 g/mol. The molecule has 5 rings (SSSR count). The number of aromatic amines is 1. The van der Waals surface area contributed by atoms with Crippen LogP contribution in [0.15, 0.2) is 65.1 Å². The first kappa shape index (κ1) is 18.1. The SMILES string of the molecule is Fc1ccc2c(c1)=CN(c1ccccc1Cl)C(CSc1ncnc3nc[nH]c13)N=2. The van der Waals surface area contributed by atoms with Crippen LogP contribution in [-0.2, 0) is 0 Å². The molecule has 1 N–H and O–H groups in total. The number of anilines is 1. The molecule has 0 radical (unpaired) electrons. The summed E-state index contributed by atoms with van der Waals surface area (Å²) in [5.74, 6) is 0.300. The predicted octanol–water partition coefficient (Wildman–Crippen LogP) is 3.14. The van der Waals surface area contributed by atoms with Crippen molar-refractivity contribution < 1.29 is 4.39 Å². The number of fused-ring (bicyclic) bond motifs is 2. The van der Waals surface area contributed by atoms with E-state index in [1.807, 2.05) is 35.4 Å². The molecule has 0 saturated heterocycles. The summed E-state index contributed by atoms with van der Waals surface area (Å²) >= 11 is 7.99. The minimum absolute atomic E-state index is 0.245. The number of hydrogen-bond donors (Lipinski definition) is 1. The van der Waals surface area contributed by atoms with E-state index in [4.69, 9.17) is 16.6 Å². The van der Waals surface area contributed by atoms with Gasteiger partial charge in [-0.15, -0.1) is 0 Å². The van der Waals surface area contributed by atoms with Gasteiger partial charge in [0.2, 0.25) is 0 Å². The number of H-pyrrole nitrogens is 1. The number of nitrogens with one attached hydrogen (secondary N) is 1. The highest BCUT2D eigenvalue weighted by Gasteiger charge is 2.22. The molecule has 0 saturated carbocycles. The first-order chi connectivity index (χ1) is 14.2. The van der Waals surface area contributed by atoms with E-state index in [-0.39, 0.29) is 12.0 Å². The maximum absolute atomic E-state index is 13.8. The standard InChI is InChI=1S/C20H14ClFN6S/c21-14-3-1-2-4-16(14)28-8-12-7-13(22)5-6-15(12)27-17(28)9-29-20-18-19(24-10-23-18)25-11-26-20/h1-8,10-11,17H,9H2,(H,23,24,25,26). The van der Waals surface area contributed by atoms with Gasteiger partial charge in [0, 0.05) is 17.2 Å². The van der Waals surface area contributed by atoms with Gasteiger partial charge in [-0.1, -0.05) is 35.5 Å². The van der Waals surface area contributed by atoms with Gasteiger partial charge >= 0.3 is 0 Å². The fourth-order valence-corrected chi connectivity index (χ4v) is 4.41. The van der Waals surface area contributed by atoms with E-state index in [0.717, 1.165) is 21.6 Å². The molecule has 144 valence electrons.